The molecule has 1 aliphatic rings. The fraction of sp³-hybridized carbons (Fsp3) is 0.200. The Balaban J connectivity index is 2.01. The number of amides is 1. The number of thiocyanates is 1. The fourth-order valence-corrected chi connectivity index (χ4v) is 2.84. The molecule has 3 rings (SSSR count). The Morgan fingerprint density at radius 2 is 2.27 bits per heavy atom. The van der Waals surface area contributed by atoms with Gasteiger partial charge in [0, 0.05) is 29.2 Å². The summed E-state index contributed by atoms with van der Waals surface area (Å²) in [5.41, 5.74) is 0.701. The van der Waals surface area contributed by atoms with Crippen molar-refractivity contribution >= 4 is 40.9 Å². The van der Waals surface area contributed by atoms with Gasteiger partial charge in [0.05, 0.1) is 4.92 Å². The molecule has 132 valence electrons. The monoisotopic (exact) mass is 372 g/mol. The molecule has 1 aromatic heterocycles. The first-order chi connectivity index (χ1) is 12.5. The number of nitro groups is 1. The molecule has 0 unspecified atom stereocenters. The molecule has 10 nitrogen and oxygen atoms in total. The highest BCUT2D eigenvalue weighted by molar-refractivity contribution is 8.03. The summed E-state index contributed by atoms with van der Waals surface area (Å²) in [6.45, 7) is 0. The van der Waals surface area contributed by atoms with Crippen LogP contribution in [0.1, 0.15) is 12.8 Å². The zero-order valence-electron chi connectivity index (χ0n) is 13.2. The van der Waals surface area contributed by atoms with Crippen LogP contribution in [0.3, 0.4) is 0 Å². The molecular formula is C15H12N6O4S. The molecule has 0 bridgehead atoms. The molecule has 1 aliphatic carbocycles. The van der Waals surface area contributed by atoms with Crippen LogP contribution in [0, 0.1) is 20.8 Å². The van der Waals surface area contributed by atoms with Gasteiger partial charge < -0.3 is 10.0 Å². The van der Waals surface area contributed by atoms with Crippen LogP contribution in [0.2, 0.25) is 0 Å². The zero-order valence-corrected chi connectivity index (χ0v) is 14.0. The first-order valence-corrected chi connectivity index (χ1v) is 8.28. The highest BCUT2D eigenvalue weighted by Crippen LogP contribution is 2.38. The summed E-state index contributed by atoms with van der Waals surface area (Å²) >= 11 is 0.597. The van der Waals surface area contributed by atoms with Gasteiger partial charge in [-0.1, -0.05) is 6.07 Å². The molecule has 0 spiro atoms. The van der Waals surface area contributed by atoms with E-state index in [1.165, 1.54) is 0 Å². The predicted octanol–water partition coefficient (Wildman–Crippen LogP) is 3.35. The number of hydrogen-bond donors (Lipinski definition) is 2. The molecule has 2 N–H and O–H groups in total. The molecule has 1 aromatic carbocycles. The highest BCUT2D eigenvalue weighted by Gasteiger charge is 2.33. The fourth-order valence-electron chi connectivity index (χ4n) is 2.39. The number of thioether (sulfide) groups is 1. The van der Waals surface area contributed by atoms with Gasteiger partial charge in [0.25, 0.3) is 0 Å². The van der Waals surface area contributed by atoms with E-state index in [-0.39, 0.29) is 22.7 Å². The number of carbonyl (C=O) groups is 1. The van der Waals surface area contributed by atoms with Crippen molar-refractivity contribution in [3.8, 4) is 5.40 Å². The number of nitriles is 1. The van der Waals surface area contributed by atoms with Crippen molar-refractivity contribution in [2.45, 2.75) is 23.9 Å². The lowest BCUT2D eigenvalue weighted by atomic mass is 10.2. The van der Waals surface area contributed by atoms with Crippen molar-refractivity contribution in [2.75, 3.05) is 10.2 Å². The minimum Gasteiger partial charge on any atom is -0.465 e. The van der Waals surface area contributed by atoms with E-state index in [0.717, 1.165) is 19.0 Å². The van der Waals surface area contributed by atoms with Crippen molar-refractivity contribution in [2.24, 2.45) is 0 Å². The van der Waals surface area contributed by atoms with Gasteiger partial charge in [-0.3, -0.25) is 15.4 Å². The molecule has 1 saturated carbocycles. The second-order valence-corrected chi connectivity index (χ2v) is 6.17. The molecule has 0 atom stereocenters. The van der Waals surface area contributed by atoms with Gasteiger partial charge in [0.1, 0.15) is 11.6 Å². The Bertz CT molecular complexity index is 911. The summed E-state index contributed by atoms with van der Waals surface area (Å²) in [7, 11) is 0. The highest BCUT2D eigenvalue weighted by atomic mass is 32.2. The van der Waals surface area contributed by atoms with Gasteiger partial charge in [0.2, 0.25) is 5.95 Å². The topological polar surface area (TPSA) is 145 Å². The summed E-state index contributed by atoms with van der Waals surface area (Å²) in [6, 6.07) is 6.81. The largest absolute Gasteiger partial charge is 0.465 e. The summed E-state index contributed by atoms with van der Waals surface area (Å²) < 4.78 is 0. The summed E-state index contributed by atoms with van der Waals surface area (Å²) in [4.78, 5) is 31.3. The van der Waals surface area contributed by atoms with Crippen molar-refractivity contribution in [3.63, 3.8) is 0 Å². The van der Waals surface area contributed by atoms with Crippen molar-refractivity contribution in [3.05, 3.63) is 40.6 Å². The molecule has 1 heterocycles. The third-order valence-electron chi connectivity index (χ3n) is 3.57. The van der Waals surface area contributed by atoms with E-state index in [0.29, 0.717) is 23.1 Å². The zero-order chi connectivity index (χ0) is 18.7. The van der Waals surface area contributed by atoms with Crippen LogP contribution in [-0.2, 0) is 0 Å². The van der Waals surface area contributed by atoms with Gasteiger partial charge in [-0.25, -0.2) is 9.78 Å². The van der Waals surface area contributed by atoms with Crippen LogP contribution in [0.15, 0.2) is 35.5 Å². The van der Waals surface area contributed by atoms with Crippen LogP contribution in [-0.4, -0.2) is 32.1 Å². The van der Waals surface area contributed by atoms with Gasteiger partial charge in [-0.05, 0) is 31.0 Å². The summed E-state index contributed by atoms with van der Waals surface area (Å²) in [6.07, 6.45) is 1.67. The van der Waals surface area contributed by atoms with Crippen LogP contribution < -0.4 is 10.2 Å². The SMILES string of the molecule is N#CSc1nc(N(c2cccc(NC(=O)O)c2)C2CC2)ncc1[N+](=O)[O-]. The molecule has 0 radical (unpaired) electrons. The van der Waals surface area contributed by atoms with Crippen molar-refractivity contribution in [1.29, 1.82) is 5.26 Å². The molecule has 11 heteroatoms. The summed E-state index contributed by atoms with van der Waals surface area (Å²) in [5, 5.41) is 32.8. The molecule has 26 heavy (non-hydrogen) atoms. The average Bonchev–Trinajstić information content (AvgIpc) is 3.40. The smallest absolute Gasteiger partial charge is 0.409 e. The molecule has 0 saturated heterocycles. The van der Waals surface area contributed by atoms with Crippen LogP contribution >= 0.6 is 11.8 Å². The number of hydrogen-bond acceptors (Lipinski definition) is 8. The Labute approximate surface area is 151 Å². The van der Waals surface area contributed by atoms with Gasteiger partial charge in [-0.15, -0.1) is 0 Å². The van der Waals surface area contributed by atoms with Crippen LogP contribution in [0.5, 0.6) is 0 Å². The van der Waals surface area contributed by atoms with E-state index in [1.807, 2.05) is 0 Å². The Morgan fingerprint density at radius 1 is 1.50 bits per heavy atom. The van der Waals surface area contributed by atoms with Gasteiger partial charge >= 0.3 is 11.8 Å². The van der Waals surface area contributed by atoms with E-state index >= 15 is 0 Å². The Morgan fingerprint density at radius 3 is 2.88 bits per heavy atom. The number of anilines is 3. The number of nitrogens with zero attached hydrogens (tertiary/aromatic N) is 5. The first kappa shape index (κ1) is 17.4. The maximum absolute atomic E-state index is 11.1. The lowest BCUT2D eigenvalue weighted by Crippen LogP contribution is -2.22. The predicted molar refractivity (Wildman–Crippen MR) is 93.4 cm³/mol. The number of benzene rings is 1. The van der Waals surface area contributed by atoms with E-state index in [2.05, 4.69) is 15.3 Å². The number of aromatic nitrogens is 2. The third kappa shape index (κ3) is 3.81. The van der Waals surface area contributed by atoms with Crippen LogP contribution in [0.4, 0.5) is 27.8 Å². The maximum Gasteiger partial charge on any atom is 0.409 e. The van der Waals surface area contributed by atoms with Crippen molar-refractivity contribution < 1.29 is 14.8 Å². The van der Waals surface area contributed by atoms with Gasteiger partial charge in [-0.2, -0.15) is 10.2 Å². The Kier molecular flexibility index (Phi) is 4.85. The van der Waals surface area contributed by atoms with E-state index in [9.17, 15) is 14.9 Å². The normalized spacial score (nSPS) is 12.9. The van der Waals surface area contributed by atoms with Crippen molar-refractivity contribution in [1.82, 2.24) is 9.97 Å². The minimum absolute atomic E-state index is 0.0343. The molecule has 0 aliphatic heterocycles. The molecule has 2 aromatic rings. The molecular weight excluding hydrogens is 360 g/mol. The number of carboxylic acid groups (broad SMARTS) is 1. The van der Waals surface area contributed by atoms with E-state index in [4.69, 9.17) is 10.4 Å². The van der Waals surface area contributed by atoms with Crippen LogP contribution in [0.25, 0.3) is 0 Å². The number of rotatable bonds is 6. The average molecular weight is 372 g/mol. The standard InChI is InChI=1S/C15H12N6O4S/c16-8-26-13-12(21(24)25)7-17-14(19-13)20(10-4-5-10)11-3-1-2-9(6-11)18-15(22)23/h1-3,6-7,10,18H,4-5H2,(H,22,23). The number of nitrogens with one attached hydrogen (secondary N) is 1. The van der Waals surface area contributed by atoms with E-state index in [1.54, 1.807) is 34.6 Å². The first-order valence-electron chi connectivity index (χ1n) is 7.46. The van der Waals surface area contributed by atoms with E-state index < -0.39 is 11.0 Å². The second-order valence-electron chi connectivity index (χ2n) is 5.39. The minimum atomic E-state index is -1.18. The van der Waals surface area contributed by atoms with Gasteiger partial charge in [0.15, 0.2) is 5.03 Å². The third-order valence-corrected chi connectivity index (χ3v) is 4.15. The lowest BCUT2D eigenvalue weighted by Gasteiger charge is -2.23. The quantitative estimate of drug-likeness (QED) is 0.256. The lowest BCUT2D eigenvalue weighted by molar-refractivity contribution is -0.388. The molecule has 1 amide bonds. The second kappa shape index (κ2) is 7.24. The Hall–Kier alpha value is -3.39. The molecule has 1 fully saturated rings. The summed E-state index contributed by atoms with van der Waals surface area (Å²) in [5.74, 6) is 0.225. The maximum atomic E-state index is 11.1.